The van der Waals surface area contributed by atoms with Crippen LogP contribution < -0.4 is 10.6 Å². The van der Waals surface area contributed by atoms with Crippen LogP contribution in [0.1, 0.15) is 27.2 Å². The first-order chi connectivity index (χ1) is 7.88. The van der Waals surface area contributed by atoms with Crippen LogP contribution in [0.25, 0.3) is 0 Å². The summed E-state index contributed by atoms with van der Waals surface area (Å²) < 4.78 is 0. The summed E-state index contributed by atoms with van der Waals surface area (Å²) in [7, 11) is 1.97. The van der Waals surface area contributed by atoms with Gasteiger partial charge in [-0.3, -0.25) is 0 Å². The molecule has 6 nitrogen and oxygen atoms in total. The van der Waals surface area contributed by atoms with Crippen molar-refractivity contribution in [3.63, 3.8) is 0 Å². The van der Waals surface area contributed by atoms with Crippen LogP contribution in [0.3, 0.4) is 0 Å². The molecule has 0 heterocycles. The summed E-state index contributed by atoms with van der Waals surface area (Å²) in [6.45, 7) is 7.08. The van der Waals surface area contributed by atoms with Gasteiger partial charge in [0.25, 0.3) is 0 Å². The summed E-state index contributed by atoms with van der Waals surface area (Å²) in [5.74, 6) is -1.01. The molecule has 6 heteroatoms. The normalized spacial score (nSPS) is 12.6. The molecule has 3 N–H and O–H groups in total. The predicted octanol–water partition coefficient (Wildman–Crippen LogP) is 0.489. The Labute approximate surface area is 102 Å². The fourth-order valence-corrected chi connectivity index (χ4v) is 1.15. The first kappa shape index (κ1) is 15.7. The van der Waals surface area contributed by atoms with Gasteiger partial charge < -0.3 is 20.6 Å². The lowest BCUT2D eigenvalue weighted by molar-refractivity contribution is -0.139. The molecule has 0 saturated heterocycles. The van der Waals surface area contributed by atoms with E-state index in [0.717, 1.165) is 6.54 Å². The van der Waals surface area contributed by atoms with Crippen molar-refractivity contribution in [1.29, 1.82) is 0 Å². The van der Waals surface area contributed by atoms with Gasteiger partial charge in [-0.25, -0.2) is 9.59 Å². The molecular formula is C11H23N3O3. The maximum absolute atomic E-state index is 11.4. The number of hydrogen-bond donors (Lipinski definition) is 3. The Balaban J connectivity index is 3.83. The van der Waals surface area contributed by atoms with Crippen molar-refractivity contribution in [2.24, 2.45) is 0 Å². The monoisotopic (exact) mass is 245 g/mol. The average molecular weight is 245 g/mol. The molecule has 0 aliphatic rings. The van der Waals surface area contributed by atoms with Gasteiger partial charge in [-0.2, -0.15) is 0 Å². The number of aliphatic carboxylic acids is 1. The minimum Gasteiger partial charge on any atom is -0.480 e. The zero-order chi connectivity index (χ0) is 13.4. The van der Waals surface area contributed by atoms with Gasteiger partial charge in [0.2, 0.25) is 0 Å². The molecule has 100 valence electrons. The van der Waals surface area contributed by atoms with Gasteiger partial charge in [0.15, 0.2) is 0 Å². The van der Waals surface area contributed by atoms with E-state index in [1.54, 1.807) is 6.92 Å². The SMILES string of the molecule is CCC(NC(=O)NCCN(C)C(C)C)C(=O)O. The molecule has 0 aromatic rings. The van der Waals surface area contributed by atoms with Crippen molar-refractivity contribution in [2.75, 3.05) is 20.1 Å². The number of rotatable bonds is 7. The minimum atomic E-state index is -1.01. The van der Waals surface area contributed by atoms with E-state index >= 15 is 0 Å². The van der Waals surface area contributed by atoms with Crippen molar-refractivity contribution in [1.82, 2.24) is 15.5 Å². The number of urea groups is 1. The highest BCUT2D eigenvalue weighted by atomic mass is 16.4. The predicted molar refractivity (Wildman–Crippen MR) is 66.0 cm³/mol. The first-order valence-corrected chi connectivity index (χ1v) is 5.85. The fourth-order valence-electron chi connectivity index (χ4n) is 1.15. The summed E-state index contributed by atoms with van der Waals surface area (Å²) in [5.41, 5.74) is 0. The third-order valence-electron chi connectivity index (χ3n) is 2.64. The smallest absolute Gasteiger partial charge is 0.326 e. The summed E-state index contributed by atoms with van der Waals surface area (Å²) in [4.78, 5) is 24.1. The van der Waals surface area contributed by atoms with Crippen molar-refractivity contribution in [3.05, 3.63) is 0 Å². The van der Waals surface area contributed by atoms with Gasteiger partial charge in [0, 0.05) is 19.1 Å². The van der Waals surface area contributed by atoms with Gasteiger partial charge in [0.1, 0.15) is 6.04 Å². The van der Waals surface area contributed by atoms with E-state index in [1.165, 1.54) is 0 Å². The first-order valence-electron chi connectivity index (χ1n) is 5.85. The van der Waals surface area contributed by atoms with Crippen molar-refractivity contribution >= 4 is 12.0 Å². The summed E-state index contributed by atoms with van der Waals surface area (Å²) in [6.07, 6.45) is 0.370. The molecule has 0 aromatic heterocycles. The Bertz CT molecular complexity index is 256. The zero-order valence-electron chi connectivity index (χ0n) is 11.0. The standard InChI is InChI=1S/C11H23N3O3/c1-5-9(10(15)16)13-11(17)12-6-7-14(4)8(2)3/h8-9H,5-7H2,1-4H3,(H,15,16)(H2,12,13,17). The third-order valence-corrected chi connectivity index (χ3v) is 2.64. The second kappa shape index (κ2) is 7.89. The Kier molecular flexibility index (Phi) is 7.29. The lowest BCUT2D eigenvalue weighted by atomic mass is 10.2. The molecule has 0 saturated carbocycles. The third kappa shape index (κ3) is 6.78. The maximum atomic E-state index is 11.4. The van der Waals surface area contributed by atoms with Crippen LogP contribution in [0, 0.1) is 0 Å². The molecular weight excluding hydrogens is 222 g/mol. The molecule has 0 aromatic carbocycles. The molecule has 0 aliphatic heterocycles. The number of carbonyl (C=O) groups is 2. The number of amides is 2. The van der Waals surface area contributed by atoms with Crippen LogP contribution in [0.2, 0.25) is 0 Å². The number of nitrogens with one attached hydrogen (secondary N) is 2. The van der Waals surface area contributed by atoms with E-state index in [-0.39, 0.29) is 0 Å². The summed E-state index contributed by atoms with van der Waals surface area (Å²) in [6, 6.07) is -0.837. The molecule has 0 spiro atoms. The molecule has 0 bridgehead atoms. The molecule has 0 aliphatic carbocycles. The van der Waals surface area contributed by atoms with E-state index in [0.29, 0.717) is 19.0 Å². The van der Waals surface area contributed by atoms with Crippen LogP contribution in [0.5, 0.6) is 0 Å². The van der Waals surface area contributed by atoms with Crippen LogP contribution in [0.15, 0.2) is 0 Å². The highest BCUT2D eigenvalue weighted by Crippen LogP contribution is 1.92. The topological polar surface area (TPSA) is 81.7 Å². The Morgan fingerprint density at radius 1 is 1.35 bits per heavy atom. The Morgan fingerprint density at radius 2 is 1.94 bits per heavy atom. The number of carboxylic acids is 1. The van der Waals surface area contributed by atoms with Crippen molar-refractivity contribution in [3.8, 4) is 0 Å². The molecule has 1 atom stereocenters. The van der Waals surface area contributed by atoms with Crippen LogP contribution in [-0.2, 0) is 4.79 Å². The maximum Gasteiger partial charge on any atom is 0.326 e. The van der Waals surface area contributed by atoms with Crippen LogP contribution in [-0.4, -0.2) is 54.2 Å². The van der Waals surface area contributed by atoms with Crippen molar-refractivity contribution in [2.45, 2.75) is 39.3 Å². The fraction of sp³-hybridized carbons (Fsp3) is 0.818. The largest absolute Gasteiger partial charge is 0.480 e. The van der Waals surface area contributed by atoms with E-state index in [4.69, 9.17) is 5.11 Å². The summed E-state index contributed by atoms with van der Waals surface area (Å²) in [5, 5.41) is 13.8. The highest BCUT2D eigenvalue weighted by molar-refractivity contribution is 5.82. The van der Waals surface area contributed by atoms with Gasteiger partial charge in [0.05, 0.1) is 0 Å². The lowest BCUT2D eigenvalue weighted by Crippen LogP contribution is -2.47. The Hall–Kier alpha value is -1.30. The molecule has 0 radical (unpaired) electrons. The summed E-state index contributed by atoms with van der Waals surface area (Å²) >= 11 is 0. The van der Waals surface area contributed by atoms with E-state index < -0.39 is 18.0 Å². The quantitative estimate of drug-likeness (QED) is 0.609. The molecule has 1 unspecified atom stereocenters. The van der Waals surface area contributed by atoms with Gasteiger partial charge >= 0.3 is 12.0 Å². The van der Waals surface area contributed by atoms with Gasteiger partial charge in [-0.15, -0.1) is 0 Å². The molecule has 2 amide bonds. The highest BCUT2D eigenvalue weighted by Gasteiger charge is 2.16. The Morgan fingerprint density at radius 3 is 2.35 bits per heavy atom. The van der Waals surface area contributed by atoms with E-state index in [1.807, 2.05) is 7.05 Å². The van der Waals surface area contributed by atoms with E-state index in [9.17, 15) is 9.59 Å². The minimum absolute atomic E-state index is 0.370. The van der Waals surface area contributed by atoms with Crippen LogP contribution in [0.4, 0.5) is 4.79 Å². The van der Waals surface area contributed by atoms with Crippen molar-refractivity contribution < 1.29 is 14.7 Å². The van der Waals surface area contributed by atoms with E-state index in [2.05, 4.69) is 29.4 Å². The second-order valence-electron chi connectivity index (χ2n) is 4.27. The number of nitrogens with zero attached hydrogens (tertiary/aromatic N) is 1. The van der Waals surface area contributed by atoms with Gasteiger partial charge in [-0.05, 0) is 27.3 Å². The number of carboxylic acid groups (broad SMARTS) is 1. The lowest BCUT2D eigenvalue weighted by Gasteiger charge is -2.21. The number of likely N-dealkylation sites (N-methyl/N-ethyl adjacent to an activating group) is 1. The zero-order valence-corrected chi connectivity index (χ0v) is 11.0. The number of carbonyl (C=O) groups excluding carboxylic acids is 1. The average Bonchev–Trinajstić information content (AvgIpc) is 2.25. The second-order valence-corrected chi connectivity index (χ2v) is 4.27. The van der Waals surface area contributed by atoms with Crippen LogP contribution >= 0.6 is 0 Å². The molecule has 0 fully saturated rings. The molecule has 0 rings (SSSR count). The molecule has 17 heavy (non-hydrogen) atoms. The number of hydrogen-bond acceptors (Lipinski definition) is 3. The van der Waals surface area contributed by atoms with Gasteiger partial charge in [-0.1, -0.05) is 6.92 Å².